The summed E-state index contributed by atoms with van der Waals surface area (Å²) < 4.78 is 19.9. The predicted octanol–water partition coefficient (Wildman–Crippen LogP) is 4.49. The maximum absolute atomic E-state index is 14.2. The van der Waals surface area contributed by atoms with Gasteiger partial charge in [0, 0.05) is 0 Å². The summed E-state index contributed by atoms with van der Waals surface area (Å²) in [6, 6.07) is 10.6. The van der Waals surface area contributed by atoms with Crippen molar-refractivity contribution in [1.82, 2.24) is 5.32 Å². The van der Waals surface area contributed by atoms with Crippen LogP contribution in [0.15, 0.2) is 48.0 Å². The molecule has 29 heavy (non-hydrogen) atoms. The molecule has 2 aromatic rings. The van der Waals surface area contributed by atoms with Gasteiger partial charge in [0.1, 0.15) is 17.1 Å². The molecule has 0 spiro atoms. The summed E-state index contributed by atoms with van der Waals surface area (Å²) >= 11 is 11.3. The van der Waals surface area contributed by atoms with Gasteiger partial charge in [-0.3, -0.25) is 14.9 Å². The van der Waals surface area contributed by atoms with Crippen LogP contribution in [0.5, 0.6) is 5.75 Å². The Morgan fingerprint density at radius 2 is 2.00 bits per heavy atom. The Kier molecular flexibility index (Phi) is 6.30. The molecule has 2 amide bonds. The Bertz CT molecular complexity index is 1020. The number of rotatable bonds is 5. The number of carbonyl (C=O) groups excluding carboxylic acids is 2. The zero-order chi connectivity index (χ0) is 21.1. The van der Waals surface area contributed by atoms with Crippen molar-refractivity contribution in [2.75, 3.05) is 4.90 Å². The van der Waals surface area contributed by atoms with Crippen LogP contribution >= 0.6 is 23.8 Å². The number of ether oxygens (including phenoxy) is 1. The van der Waals surface area contributed by atoms with Gasteiger partial charge in [0.15, 0.2) is 5.11 Å². The van der Waals surface area contributed by atoms with E-state index in [1.807, 2.05) is 13.8 Å². The van der Waals surface area contributed by atoms with E-state index in [-0.39, 0.29) is 22.5 Å². The zero-order valence-electron chi connectivity index (χ0n) is 15.7. The highest BCUT2D eigenvalue weighted by Gasteiger charge is 2.35. The van der Waals surface area contributed by atoms with Crippen molar-refractivity contribution in [3.8, 4) is 5.75 Å². The number of halogens is 2. The number of benzene rings is 2. The number of hydrogen-bond donors (Lipinski definition) is 1. The molecule has 0 bridgehead atoms. The lowest BCUT2D eigenvalue weighted by molar-refractivity contribution is -0.122. The Morgan fingerprint density at radius 3 is 2.66 bits per heavy atom. The Balaban J connectivity index is 1.95. The predicted molar refractivity (Wildman–Crippen MR) is 114 cm³/mol. The Hall–Kier alpha value is -2.77. The lowest BCUT2D eigenvalue weighted by Crippen LogP contribution is -2.54. The van der Waals surface area contributed by atoms with Crippen LogP contribution < -0.4 is 15.0 Å². The maximum atomic E-state index is 14.2. The maximum Gasteiger partial charge on any atom is 0.270 e. The first-order chi connectivity index (χ1) is 13.8. The van der Waals surface area contributed by atoms with E-state index in [1.54, 1.807) is 24.3 Å². The molecule has 1 aliphatic rings. The van der Waals surface area contributed by atoms with E-state index < -0.39 is 17.6 Å². The molecule has 0 aromatic heterocycles. The molecule has 1 N–H and O–H groups in total. The van der Waals surface area contributed by atoms with Gasteiger partial charge in [-0.25, -0.2) is 9.29 Å². The van der Waals surface area contributed by atoms with Crippen LogP contribution in [0.25, 0.3) is 6.08 Å². The first kappa shape index (κ1) is 21.0. The average molecular weight is 433 g/mol. The topological polar surface area (TPSA) is 58.6 Å². The highest BCUT2D eigenvalue weighted by molar-refractivity contribution is 7.80. The molecule has 1 atom stereocenters. The fourth-order valence-electron chi connectivity index (χ4n) is 2.68. The molecular formula is C21H18ClFN2O3S. The van der Waals surface area contributed by atoms with Crippen LogP contribution in [0, 0.1) is 5.82 Å². The van der Waals surface area contributed by atoms with E-state index in [1.165, 1.54) is 24.3 Å². The van der Waals surface area contributed by atoms with Gasteiger partial charge in [-0.2, -0.15) is 0 Å². The minimum atomic E-state index is -0.722. The standard InChI is InChI=1S/C21H18ClFN2O3S/c1-3-12(2)28-18-9-8-13(11-15(18)22)10-14-19(26)24-21(29)25(20(14)27)17-7-5-4-6-16(17)23/h4-12H,3H2,1-2H3,(H,24,26,29)/b14-10-/t12-/m0/s1. The molecule has 0 radical (unpaired) electrons. The summed E-state index contributed by atoms with van der Waals surface area (Å²) in [7, 11) is 0. The smallest absolute Gasteiger partial charge is 0.270 e. The van der Waals surface area contributed by atoms with E-state index in [4.69, 9.17) is 28.6 Å². The number of amides is 2. The number of hydrogen-bond acceptors (Lipinski definition) is 4. The van der Waals surface area contributed by atoms with Crippen molar-refractivity contribution < 1.29 is 18.7 Å². The second-order valence-corrected chi connectivity index (χ2v) is 7.23. The zero-order valence-corrected chi connectivity index (χ0v) is 17.3. The van der Waals surface area contributed by atoms with Crippen molar-refractivity contribution in [2.45, 2.75) is 26.4 Å². The molecular weight excluding hydrogens is 415 g/mol. The van der Waals surface area contributed by atoms with E-state index in [0.717, 1.165) is 11.3 Å². The Labute approximate surface area is 178 Å². The van der Waals surface area contributed by atoms with Gasteiger partial charge in [0.25, 0.3) is 11.8 Å². The van der Waals surface area contributed by atoms with Gasteiger partial charge in [-0.15, -0.1) is 0 Å². The largest absolute Gasteiger partial charge is 0.489 e. The molecule has 3 rings (SSSR count). The molecule has 1 heterocycles. The first-order valence-corrected chi connectivity index (χ1v) is 9.72. The third-order valence-corrected chi connectivity index (χ3v) is 4.95. The molecule has 1 aliphatic heterocycles. The molecule has 0 aliphatic carbocycles. The molecule has 0 saturated carbocycles. The van der Waals surface area contributed by atoms with Crippen LogP contribution in [-0.4, -0.2) is 23.0 Å². The number of nitrogens with one attached hydrogen (secondary N) is 1. The minimum Gasteiger partial charge on any atom is -0.489 e. The monoisotopic (exact) mass is 432 g/mol. The molecule has 1 saturated heterocycles. The first-order valence-electron chi connectivity index (χ1n) is 8.94. The summed E-state index contributed by atoms with van der Waals surface area (Å²) in [5.74, 6) is -1.51. The molecule has 1 fully saturated rings. The van der Waals surface area contributed by atoms with Gasteiger partial charge in [0.2, 0.25) is 0 Å². The van der Waals surface area contributed by atoms with Gasteiger partial charge in [-0.1, -0.05) is 36.7 Å². The van der Waals surface area contributed by atoms with Gasteiger partial charge < -0.3 is 4.74 Å². The van der Waals surface area contributed by atoms with Crippen LogP contribution in [-0.2, 0) is 9.59 Å². The van der Waals surface area contributed by atoms with E-state index in [2.05, 4.69) is 5.32 Å². The summed E-state index contributed by atoms with van der Waals surface area (Å²) in [6.45, 7) is 3.92. The fraction of sp³-hybridized carbons (Fsp3) is 0.190. The summed E-state index contributed by atoms with van der Waals surface area (Å²) in [5.41, 5.74) is 0.295. The SMILES string of the molecule is CC[C@H](C)Oc1ccc(/C=C2/C(=O)NC(=S)N(c3ccccc3F)C2=O)cc1Cl. The van der Waals surface area contributed by atoms with E-state index in [0.29, 0.717) is 16.3 Å². The fourth-order valence-corrected chi connectivity index (χ4v) is 3.19. The number of anilines is 1. The molecule has 5 nitrogen and oxygen atoms in total. The van der Waals surface area contributed by atoms with Gasteiger partial charge in [0.05, 0.1) is 16.8 Å². The Morgan fingerprint density at radius 1 is 1.28 bits per heavy atom. The van der Waals surface area contributed by atoms with Crippen LogP contribution in [0.4, 0.5) is 10.1 Å². The van der Waals surface area contributed by atoms with Crippen molar-refractivity contribution in [1.29, 1.82) is 0 Å². The molecule has 2 aromatic carbocycles. The highest BCUT2D eigenvalue weighted by atomic mass is 35.5. The van der Waals surface area contributed by atoms with Crippen LogP contribution in [0.2, 0.25) is 5.02 Å². The number of nitrogens with zero attached hydrogens (tertiary/aromatic N) is 1. The van der Waals surface area contributed by atoms with Gasteiger partial charge in [-0.05, 0) is 61.5 Å². The van der Waals surface area contributed by atoms with Crippen LogP contribution in [0.1, 0.15) is 25.8 Å². The second kappa shape index (κ2) is 8.71. The summed E-state index contributed by atoms with van der Waals surface area (Å²) in [5, 5.41) is 2.59. The molecule has 8 heteroatoms. The van der Waals surface area contributed by atoms with Crippen molar-refractivity contribution in [3.05, 3.63) is 64.4 Å². The van der Waals surface area contributed by atoms with Crippen molar-refractivity contribution >= 4 is 52.5 Å². The van der Waals surface area contributed by atoms with Crippen molar-refractivity contribution in [2.24, 2.45) is 0 Å². The summed E-state index contributed by atoms with van der Waals surface area (Å²) in [6.07, 6.45) is 2.20. The molecule has 150 valence electrons. The average Bonchev–Trinajstić information content (AvgIpc) is 2.68. The minimum absolute atomic E-state index is 0.00209. The number of carbonyl (C=O) groups is 2. The molecule has 0 unspecified atom stereocenters. The number of thiocarbonyl (C=S) groups is 1. The lowest BCUT2D eigenvalue weighted by Gasteiger charge is -2.29. The highest BCUT2D eigenvalue weighted by Crippen LogP contribution is 2.29. The third kappa shape index (κ3) is 4.46. The van der Waals surface area contributed by atoms with Crippen LogP contribution in [0.3, 0.4) is 0 Å². The quantitative estimate of drug-likeness (QED) is 0.429. The normalized spacial score (nSPS) is 16.8. The number of para-hydroxylation sites is 1. The second-order valence-electron chi connectivity index (χ2n) is 6.44. The van der Waals surface area contributed by atoms with E-state index >= 15 is 0 Å². The lowest BCUT2D eigenvalue weighted by atomic mass is 10.1. The van der Waals surface area contributed by atoms with Crippen molar-refractivity contribution in [3.63, 3.8) is 0 Å². The van der Waals surface area contributed by atoms with Gasteiger partial charge >= 0.3 is 0 Å². The van der Waals surface area contributed by atoms with E-state index in [9.17, 15) is 14.0 Å². The summed E-state index contributed by atoms with van der Waals surface area (Å²) in [4.78, 5) is 26.2. The third-order valence-electron chi connectivity index (χ3n) is 4.37.